The third kappa shape index (κ3) is 4.91. The van der Waals surface area contributed by atoms with Crippen molar-refractivity contribution in [2.24, 2.45) is 0 Å². The van der Waals surface area contributed by atoms with Gasteiger partial charge in [0.1, 0.15) is 18.1 Å². The molecule has 0 saturated carbocycles. The Morgan fingerprint density at radius 3 is 2.68 bits per heavy atom. The predicted molar refractivity (Wildman–Crippen MR) is 128 cm³/mol. The van der Waals surface area contributed by atoms with Crippen LogP contribution in [0.4, 0.5) is 16.2 Å². The molecule has 9 nitrogen and oxygen atoms in total. The second-order valence-corrected chi connectivity index (χ2v) is 8.64. The quantitative estimate of drug-likeness (QED) is 0.296. The summed E-state index contributed by atoms with van der Waals surface area (Å²) < 4.78 is 5.69. The molecule has 1 aromatic heterocycles. The van der Waals surface area contributed by atoms with Gasteiger partial charge >= 0.3 is 0 Å². The number of aryl methyl sites for hydroxylation is 2. The number of hydrogen-bond acceptors (Lipinski definition) is 7. The van der Waals surface area contributed by atoms with Gasteiger partial charge in [-0.25, -0.2) is 0 Å². The van der Waals surface area contributed by atoms with Crippen LogP contribution in [0.2, 0.25) is 0 Å². The fraction of sp³-hybridized carbons (Fsp3) is 0.125. The third-order valence-electron chi connectivity index (χ3n) is 5.07. The highest BCUT2D eigenvalue weighted by molar-refractivity contribution is 8.18. The standard InChI is InChI=1S/C24H19N3O6S/c1-14-6-8-19(15(2)10-14)25-22(28)13-26-23(29)21(34-24(26)30)12-18-7-9-20(33-18)16-4-3-5-17(11-16)27(31)32/h3-12H,13H2,1-2H3,(H,25,28)/b21-12+. The number of imide groups is 1. The van der Waals surface area contributed by atoms with E-state index < -0.39 is 28.5 Å². The number of benzene rings is 2. The summed E-state index contributed by atoms with van der Waals surface area (Å²) in [6.07, 6.45) is 1.41. The largest absolute Gasteiger partial charge is 0.457 e. The predicted octanol–water partition coefficient (Wildman–Crippen LogP) is 5.15. The fourth-order valence-corrected chi connectivity index (χ4v) is 4.23. The maximum atomic E-state index is 12.7. The molecule has 172 valence electrons. The highest BCUT2D eigenvalue weighted by atomic mass is 32.2. The normalized spacial score (nSPS) is 14.6. The van der Waals surface area contributed by atoms with Crippen LogP contribution >= 0.6 is 11.8 Å². The van der Waals surface area contributed by atoms with E-state index in [9.17, 15) is 24.5 Å². The number of hydrogen-bond donors (Lipinski definition) is 1. The molecule has 2 aromatic carbocycles. The van der Waals surface area contributed by atoms with Crippen LogP contribution in [-0.4, -0.2) is 33.4 Å². The Labute approximate surface area is 198 Å². The molecule has 10 heteroatoms. The molecule has 2 heterocycles. The van der Waals surface area contributed by atoms with E-state index in [-0.39, 0.29) is 10.6 Å². The number of nitro groups is 1. The molecular weight excluding hydrogens is 458 g/mol. The molecule has 1 aliphatic heterocycles. The molecule has 0 bridgehead atoms. The first-order valence-electron chi connectivity index (χ1n) is 10.2. The van der Waals surface area contributed by atoms with Crippen molar-refractivity contribution in [1.29, 1.82) is 0 Å². The summed E-state index contributed by atoms with van der Waals surface area (Å²) in [4.78, 5) is 49.0. The Morgan fingerprint density at radius 2 is 1.94 bits per heavy atom. The van der Waals surface area contributed by atoms with E-state index >= 15 is 0 Å². The molecule has 0 atom stereocenters. The van der Waals surface area contributed by atoms with Crippen molar-refractivity contribution < 1.29 is 23.7 Å². The van der Waals surface area contributed by atoms with Crippen LogP contribution < -0.4 is 5.32 Å². The van der Waals surface area contributed by atoms with Gasteiger partial charge in [-0.05, 0) is 49.4 Å². The van der Waals surface area contributed by atoms with Gasteiger partial charge in [0.15, 0.2) is 0 Å². The van der Waals surface area contributed by atoms with Gasteiger partial charge in [-0.3, -0.25) is 29.4 Å². The zero-order chi connectivity index (χ0) is 24.4. The van der Waals surface area contributed by atoms with Crippen LogP contribution in [0.5, 0.6) is 0 Å². The first-order valence-corrected chi connectivity index (χ1v) is 11.0. The van der Waals surface area contributed by atoms with Gasteiger partial charge in [0.2, 0.25) is 5.91 Å². The summed E-state index contributed by atoms with van der Waals surface area (Å²) in [6.45, 7) is 3.39. The number of nitrogens with one attached hydrogen (secondary N) is 1. The van der Waals surface area contributed by atoms with Gasteiger partial charge in [-0.2, -0.15) is 0 Å². The summed E-state index contributed by atoms with van der Waals surface area (Å²) in [7, 11) is 0. The molecule has 0 spiro atoms. The van der Waals surface area contributed by atoms with Crippen molar-refractivity contribution in [1.82, 2.24) is 4.90 Å². The molecule has 1 N–H and O–H groups in total. The lowest BCUT2D eigenvalue weighted by Crippen LogP contribution is -2.36. The minimum absolute atomic E-state index is 0.0734. The fourth-order valence-electron chi connectivity index (χ4n) is 3.41. The Bertz CT molecular complexity index is 1360. The van der Waals surface area contributed by atoms with Gasteiger partial charge in [0.25, 0.3) is 16.8 Å². The van der Waals surface area contributed by atoms with E-state index in [1.165, 1.54) is 18.2 Å². The van der Waals surface area contributed by atoms with Crippen molar-refractivity contribution >= 4 is 46.3 Å². The van der Waals surface area contributed by atoms with E-state index in [2.05, 4.69) is 5.32 Å². The molecule has 0 unspecified atom stereocenters. The van der Waals surface area contributed by atoms with Crippen molar-refractivity contribution in [3.63, 3.8) is 0 Å². The Kier molecular flexibility index (Phi) is 6.33. The zero-order valence-electron chi connectivity index (χ0n) is 18.2. The molecular formula is C24H19N3O6S. The highest BCUT2D eigenvalue weighted by Crippen LogP contribution is 2.33. The maximum Gasteiger partial charge on any atom is 0.294 e. The first-order chi connectivity index (χ1) is 16.2. The molecule has 1 saturated heterocycles. The van der Waals surface area contributed by atoms with E-state index in [0.717, 1.165) is 16.0 Å². The van der Waals surface area contributed by atoms with Gasteiger partial charge < -0.3 is 9.73 Å². The number of furan rings is 1. The monoisotopic (exact) mass is 477 g/mol. The second kappa shape index (κ2) is 9.36. The second-order valence-electron chi connectivity index (χ2n) is 7.64. The molecule has 1 aliphatic rings. The third-order valence-corrected chi connectivity index (χ3v) is 5.98. The summed E-state index contributed by atoms with van der Waals surface area (Å²) in [5, 5.41) is 13.2. The molecule has 3 amide bonds. The number of carbonyl (C=O) groups is 3. The van der Waals surface area contributed by atoms with Crippen molar-refractivity contribution in [3.05, 3.63) is 86.5 Å². The summed E-state index contributed by atoms with van der Waals surface area (Å²) in [6, 6.07) is 14.7. The molecule has 0 radical (unpaired) electrons. The maximum absolute atomic E-state index is 12.7. The number of thioether (sulfide) groups is 1. The average Bonchev–Trinajstić information content (AvgIpc) is 3.36. The molecule has 1 fully saturated rings. The topological polar surface area (TPSA) is 123 Å². The van der Waals surface area contributed by atoms with Crippen molar-refractivity contribution in [2.45, 2.75) is 13.8 Å². The summed E-state index contributed by atoms with van der Waals surface area (Å²) in [5.74, 6) is -0.408. The Morgan fingerprint density at radius 1 is 1.15 bits per heavy atom. The van der Waals surface area contributed by atoms with Crippen molar-refractivity contribution in [3.8, 4) is 11.3 Å². The number of nitro benzene ring substituents is 1. The Hall–Kier alpha value is -4.18. The number of nitrogens with zero attached hydrogens (tertiary/aromatic N) is 2. The van der Waals surface area contributed by atoms with Crippen LogP contribution in [0.25, 0.3) is 17.4 Å². The number of amides is 3. The van der Waals surface area contributed by atoms with Crippen molar-refractivity contribution in [2.75, 3.05) is 11.9 Å². The number of non-ortho nitro benzene ring substituents is 1. The lowest BCUT2D eigenvalue weighted by molar-refractivity contribution is -0.384. The van der Waals surface area contributed by atoms with Crippen LogP contribution in [0, 0.1) is 24.0 Å². The van der Waals surface area contributed by atoms with E-state index in [1.54, 1.807) is 30.3 Å². The van der Waals surface area contributed by atoms with Gasteiger partial charge in [0.05, 0.1) is 9.83 Å². The van der Waals surface area contributed by atoms with Crippen LogP contribution in [0.3, 0.4) is 0 Å². The van der Waals surface area contributed by atoms with Crippen LogP contribution in [0.1, 0.15) is 16.9 Å². The van der Waals surface area contributed by atoms with E-state index in [1.807, 2.05) is 26.0 Å². The smallest absolute Gasteiger partial charge is 0.294 e. The van der Waals surface area contributed by atoms with Gasteiger partial charge in [-0.1, -0.05) is 29.8 Å². The van der Waals surface area contributed by atoms with Crippen LogP contribution in [0.15, 0.2) is 63.9 Å². The molecule has 0 aliphatic carbocycles. The molecule has 4 rings (SSSR count). The zero-order valence-corrected chi connectivity index (χ0v) is 19.0. The van der Waals surface area contributed by atoms with Gasteiger partial charge in [0, 0.05) is 29.5 Å². The minimum atomic E-state index is -0.598. The van der Waals surface area contributed by atoms with E-state index in [0.29, 0.717) is 34.5 Å². The summed E-state index contributed by atoms with van der Waals surface area (Å²) >= 11 is 0.711. The van der Waals surface area contributed by atoms with Crippen LogP contribution in [-0.2, 0) is 9.59 Å². The lowest BCUT2D eigenvalue weighted by Gasteiger charge is -2.13. The number of carbonyl (C=O) groups excluding carboxylic acids is 3. The summed E-state index contributed by atoms with van der Waals surface area (Å²) in [5.41, 5.74) is 2.97. The molecule has 3 aromatic rings. The lowest BCUT2D eigenvalue weighted by atomic mass is 10.1. The molecule has 34 heavy (non-hydrogen) atoms. The average molecular weight is 477 g/mol. The first kappa shape index (κ1) is 23.0. The highest BCUT2D eigenvalue weighted by Gasteiger charge is 2.36. The Balaban J connectivity index is 1.46. The van der Waals surface area contributed by atoms with E-state index in [4.69, 9.17) is 4.42 Å². The minimum Gasteiger partial charge on any atom is -0.457 e. The van der Waals surface area contributed by atoms with Gasteiger partial charge in [-0.15, -0.1) is 0 Å². The SMILES string of the molecule is Cc1ccc(NC(=O)CN2C(=O)S/C(=C/c3ccc(-c4cccc([N+](=O)[O-])c4)o3)C2=O)c(C)c1. The number of rotatable bonds is 6. The number of anilines is 1.